The van der Waals surface area contributed by atoms with Crippen LogP contribution < -0.4 is 0 Å². The number of benzene rings is 2. The Morgan fingerprint density at radius 3 is 2.25 bits per heavy atom. The molecule has 1 aliphatic carbocycles. The third-order valence-electron chi connectivity index (χ3n) is 8.00. The highest BCUT2D eigenvalue weighted by molar-refractivity contribution is 7.89. The first-order valence-corrected chi connectivity index (χ1v) is 15.1. The molecule has 218 valence electrons. The third kappa shape index (κ3) is 6.31. The van der Waals surface area contributed by atoms with Crippen molar-refractivity contribution in [1.82, 2.24) is 14.1 Å². The minimum atomic E-state index is -4.18. The summed E-state index contributed by atoms with van der Waals surface area (Å²) in [5.74, 6) is -1.22. The van der Waals surface area contributed by atoms with Gasteiger partial charge < -0.3 is 19.5 Å². The number of rotatable bonds is 8. The first-order chi connectivity index (χ1) is 19.3. The van der Waals surface area contributed by atoms with E-state index in [2.05, 4.69) is 0 Å². The Morgan fingerprint density at radius 2 is 1.65 bits per heavy atom. The van der Waals surface area contributed by atoms with Gasteiger partial charge in [-0.05, 0) is 54.2 Å². The molecule has 0 bridgehead atoms. The van der Waals surface area contributed by atoms with E-state index in [1.807, 2.05) is 17.0 Å². The molecule has 0 aromatic heterocycles. The number of carbonyl (C=O) groups is 1. The second-order valence-electron chi connectivity index (χ2n) is 10.6. The van der Waals surface area contributed by atoms with Crippen LogP contribution in [-0.4, -0.2) is 98.9 Å². The van der Waals surface area contributed by atoms with Crippen LogP contribution >= 0.6 is 0 Å². The number of morpholine rings is 1. The molecule has 1 amide bonds. The zero-order valence-corrected chi connectivity index (χ0v) is 23.1. The number of sulfonamides is 1. The summed E-state index contributed by atoms with van der Waals surface area (Å²) in [7, 11) is -4.18. The van der Waals surface area contributed by atoms with Gasteiger partial charge in [-0.1, -0.05) is 18.6 Å². The van der Waals surface area contributed by atoms with Crippen molar-refractivity contribution >= 4 is 16.1 Å². The van der Waals surface area contributed by atoms with Crippen LogP contribution in [0.1, 0.15) is 42.3 Å². The van der Waals surface area contributed by atoms with E-state index >= 15 is 0 Å². The quantitative estimate of drug-likeness (QED) is 0.513. The smallest absolute Gasteiger partial charge is 0.409 e. The monoisotopic (exact) mass is 579 g/mol. The van der Waals surface area contributed by atoms with Crippen molar-refractivity contribution in [2.75, 3.05) is 59.2 Å². The Labute approximate surface area is 233 Å². The summed E-state index contributed by atoms with van der Waals surface area (Å²) in [6.07, 6.45) is 2.73. The van der Waals surface area contributed by atoms with Gasteiger partial charge in [0.1, 0.15) is 18.2 Å². The molecule has 2 aromatic carbocycles. The van der Waals surface area contributed by atoms with E-state index in [1.165, 1.54) is 9.21 Å². The predicted molar refractivity (Wildman–Crippen MR) is 142 cm³/mol. The first kappa shape index (κ1) is 28.9. The number of β-amino-alcohol motifs (C(OH)–C–C–N with tert-alkyl or cyclic N) is 1. The van der Waals surface area contributed by atoms with Gasteiger partial charge in [0.2, 0.25) is 10.0 Å². The number of nitrogens with zero attached hydrogens (tertiary/aromatic N) is 3. The molecule has 2 atom stereocenters. The zero-order chi connectivity index (χ0) is 28.3. The fraction of sp³-hybridized carbons (Fsp3) is 0.536. The zero-order valence-electron chi connectivity index (χ0n) is 22.3. The van der Waals surface area contributed by atoms with Crippen molar-refractivity contribution in [2.24, 2.45) is 0 Å². The highest BCUT2D eigenvalue weighted by Crippen LogP contribution is 2.38. The average molecular weight is 580 g/mol. The topological polar surface area (TPSA) is 99.6 Å². The summed E-state index contributed by atoms with van der Waals surface area (Å²) in [4.78, 5) is 16.5. The Balaban J connectivity index is 1.38. The van der Waals surface area contributed by atoms with Gasteiger partial charge in [-0.2, -0.15) is 4.31 Å². The Bertz CT molecular complexity index is 1260. The molecular weight excluding hydrogens is 544 g/mol. The molecule has 2 aromatic rings. The van der Waals surface area contributed by atoms with Gasteiger partial charge in [0.15, 0.2) is 0 Å². The number of hydrogen-bond donors (Lipinski definition) is 1. The lowest BCUT2D eigenvalue weighted by molar-refractivity contribution is -0.0323. The number of hydrogen-bond acceptors (Lipinski definition) is 7. The maximum atomic E-state index is 14.2. The summed E-state index contributed by atoms with van der Waals surface area (Å²) in [6, 6.07) is 7.75. The standard InChI is InChI=1S/C28H35F2N3O6S/c29-23-14-22(15-24(30)16-23)27-19-38-17-25(18-39-28(35)32-10-8-31(9-11-32)12-13-34)33(27)40(36,37)26-6-4-21(5-7-26)20-2-1-3-20/h4-7,14-16,20,25,27,34H,1-3,8-13,17-19H2/t25-,27-/m0/s1. The molecule has 0 unspecified atom stereocenters. The number of carbonyl (C=O) groups excluding carboxylic acids is 1. The summed E-state index contributed by atoms with van der Waals surface area (Å²) in [5.41, 5.74) is 1.20. The van der Waals surface area contributed by atoms with Crippen LogP contribution in [0.4, 0.5) is 13.6 Å². The summed E-state index contributed by atoms with van der Waals surface area (Å²) < 4.78 is 68.9. The predicted octanol–water partition coefficient (Wildman–Crippen LogP) is 3.11. The third-order valence-corrected chi connectivity index (χ3v) is 9.98. The van der Waals surface area contributed by atoms with E-state index < -0.39 is 39.8 Å². The highest BCUT2D eigenvalue weighted by Gasteiger charge is 2.42. The molecule has 0 radical (unpaired) electrons. The number of aliphatic hydroxyl groups excluding tert-OH is 1. The first-order valence-electron chi connectivity index (χ1n) is 13.7. The van der Waals surface area contributed by atoms with Gasteiger partial charge in [0.05, 0.1) is 36.8 Å². The number of amides is 1. The largest absolute Gasteiger partial charge is 0.448 e. The lowest BCUT2D eigenvalue weighted by Gasteiger charge is -2.41. The van der Waals surface area contributed by atoms with Gasteiger partial charge in [0, 0.05) is 38.8 Å². The number of ether oxygens (including phenoxy) is 2. The molecule has 12 heteroatoms. The minimum absolute atomic E-state index is 0.0378. The van der Waals surface area contributed by atoms with Gasteiger partial charge in [0.25, 0.3) is 0 Å². The molecule has 1 saturated carbocycles. The molecule has 2 heterocycles. The van der Waals surface area contributed by atoms with Crippen LogP contribution in [0.5, 0.6) is 0 Å². The highest BCUT2D eigenvalue weighted by atomic mass is 32.2. The molecule has 0 spiro atoms. The van der Waals surface area contributed by atoms with E-state index in [9.17, 15) is 22.0 Å². The molecule has 5 rings (SSSR count). The van der Waals surface area contributed by atoms with Crippen molar-refractivity contribution < 1.29 is 36.6 Å². The van der Waals surface area contributed by atoms with Crippen molar-refractivity contribution in [3.63, 3.8) is 0 Å². The number of piperazine rings is 1. The van der Waals surface area contributed by atoms with Gasteiger partial charge >= 0.3 is 6.09 Å². The van der Waals surface area contributed by atoms with Gasteiger partial charge in [-0.3, -0.25) is 4.90 Å². The molecule has 2 saturated heterocycles. The fourth-order valence-corrected chi connectivity index (χ4v) is 7.30. The lowest BCUT2D eigenvalue weighted by atomic mass is 9.80. The van der Waals surface area contributed by atoms with Crippen LogP contribution in [0.15, 0.2) is 47.4 Å². The molecule has 3 fully saturated rings. The maximum absolute atomic E-state index is 14.2. The van der Waals surface area contributed by atoms with Crippen LogP contribution in [-0.2, 0) is 19.5 Å². The minimum Gasteiger partial charge on any atom is -0.448 e. The van der Waals surface area contributed by atoms with E-state index in [4.69, 9.17) is 14.6 Å². The van der Waals surface area contributed by atoms with Crippen molar-refractivity contribution in [1.29, 1.82) is 0 Å². The number of halogens is 2. The van der Waals surface area contributed by atoms with Crippen LogP contribution in [0.25, 0.3) is 0 Å². The van der Waals surface area contributed by atoms with Crippen molar-refractivity contribution in [3.8, 4) is 0 Å². The summed E-state index contributed by atoms with van der Waals surface area (Å²) in [5, 5.41) is 9.13. The Kier molecular flexibility index (Phi) is 9.01. The summed E-state index contributed by atoms with van der Waals surface area (Å²) in [6.45, 7) is 2.13. The maximum Gasteiger partial charge on any atom is 0.409 e. The van der Waals surface area contributed by atoms with Crippen LogP contribution in [0.2, 0.25) is 0 Å². The molecule has 2 aliphatic heterocycles. The lowest BCUT2D eigenvalue weighted by Crippen LogP contribution is -2.54. The van der Waals surface area contributed by atoms with E-state index in [0.717, 1.165) is 43.0 Å². The second kappa shape index (κ2) is 12.5. The van der Waals surface area contributed by atoms with Crippen LogP contribution in [0.3, 0.4) is 0 Å². The Morgan fingerprint density at radius 1 is 0.975 bits per heavy atom. The molecular formula is C28H35F2N3O6S. The van der Waals surface area contributed by atoms with Gasteiger partial charge in [-0.15, -0.1) is 0 Å². The van der Waals surface area contributed by atoms with Crippen molar-refractivity contribution in [3.05, 3.63) is 65.2 Å². The van der Waals surface area contributed by atoms with E-state index in [-0.39, 0.29) is 36.9 Å². The number of aliphatic hydroxyl groups is 1. The molecule has 1 N–H and O–H groups in total. The van der Waals surface area contributed by atoms with Crippen LogP contribution in [0, 0.1) is 11.6 Å². The van der Waals surface area contributed by atoms with E-state index in [1.54, 1.807) is 12.1 Å². The SMILES string of the molecule is O=C(OC[C@@H]1COC[C@@H](c2cc(F)cc(F)c2)N1S(=O)(=O)c1ccc(C2CCC2)cc1)N1CCN(CCO)CC1. The molecule has 3 aliphatic rings. The molecule has 40 heavy (non-hydrogen) atoms. The Hall–Kier alpha value is -2.64. The summed E-state index contributed by atoms with van der Waals surface area (Å²) >= 11 is 0. The van der Waals surface area contributed by atoms with Crippen molar-refractivity contribution in [2.45, 2.75) is 42.2 Å². The molecule has 9 nitrogen and oxygen atoms in total. The normalized spacial score (nSPS) is 23.1. The van der Waals surface area contributed by atoms with Gasteiger partial charge in [-0.25, -0.2) is 22.0 Å². The second-order valence-corrected chi connectivity index (χ2v) is 12.4. The van der Waals surface area contributed by atoms with E-state index in [0.29, 0.717) is 38.6 Å². The fourth-order valence-electron chi connectivity index (χ4n) is 5.54. The average Bonchev–Trinajstić information content (AvgIpc) is 2.91.